The first-order valence-corrected chi connectivity index (χ1v) is 7.38. The predicted molar refractivity (Wildman–Crippen MR) is 79.2 cm³/mol. The van der Waals surface area contributed by atoms with Crippen molar-refractivity contribution in [3.8, 4) is 0 Å². The summed E-state index contributed by atoms with van der Waals surface area (Å²) in [6.45, 7) is 7.80. The molecular formula is C14H20BrN3O. The summed E-state index contributed by atoms with van der Waals surface area (Å²) in [6.07, 6.45) is 3.93. The number of ketones is 1. The Balaban J connectivity index is 2.05. The highest BCUT2D eigenvalue weighted by Gasteiger charge is 2.34. The van der Waals surface area contributed by atoms with Crippen LogP contribution in [-0.4, -0.2) is 47.4 Å². The van der Waals surface area contributed by atoms with Crippen LogP contribution >= 0.6 is 15.9 Å². The molecule has 0 bridgehead atoms. The summed E-state index contributed by atoms with van der Waals surface area (Å²) >= 11 is 3.39. The van der Waals surface area contributed by atoms with Crippen LogP contribution < -0.4 is 5.32 Å². The van der Waals surface area contributed by atoms with Gasteiger partial charge in [-0.25, -0.2) is 0 Å². The molecule has 2 rings (SSSR count). The van der Waals surface area contributed by atoms with E-state index in [0.29, 0.717) is 6.42 Å². The average molecular weight is 326 g/mol. The lowest BCUT2D eigenvalue weighted by Crippen LogP contribution is -2.57. The van der Waals surface area contributed by atoms with Gasteiger partial charge in [0.15, 0.2) is 5.78 Å². The summed E-state index contributed by atoms with van der Waals surface area (Å²) in [6, 6.07) is 1.96. The molecule has 0 spiro atoms. The van der Waals surface area contributed by atoms with E-state index in [2.05, 4.69) is 31.1 Å². The molecular weight excluding hydrogens is 306 g/mol. The van der Waals surface area contributed by atoms with Crippen molar-refractivity contribution in [2.75, 3.05) is 26.2 Å². The van der Waals surface area contributed by atoms with Crippen molar-refractivity contribution < 1.29 is 4.79 Å². The summed E-state index contributed by atoms with van der Waals surface area (Å²) < 4.78 is 0.915. The van der Waals surface area contributed by atoms with Crippen molar-refractivity contribution in [2.45, 2.75) is 25.8 Å². The standard InChI is InChI=1S/C14H20BrN3O/c1-14(2,18-5-3-16-4-6-18)13(19)8-11-7-12(15)10-17-9-11/h7,9-10,16H,3-6,8H2,1-2H3. The molecule has 4 nitrogen and oxygen atoms in total. The Labute approximate surface area is 122 Å². The van der Waals surface area contributed by atoms with Gasteiger partial charge in [-0.3, -0.25) is 14.7 Å². The van der Waals surface area contributed by atoms with E-state index < -0.39 is 5.54 Å². The van der Waals surface area contributed by atoms with Gasteiger partial charge in [0.25, 0.3) is 0 Å². The number of halogens is 1. The Morgan fingerprint density at radius 1 is 1.42 bits per heavy atom. The third-order valence-corrected chi connectivity index (χ3v) is 4.15. The highest BCUT2D eigenvalue weighted by molar-refractivity contribution is 9.10. The molecule has 0 aromatic carbocycles. The highest BCUT2D eigenvalue weighted by atomic mass is 79.9. The van der Waals surface area contributed by atoms with Gasteiger partial charge >= 0.3 is 0 Å². The molecule has 1 aliphatic rings. The normalized spacial score (nSPS) is 17.4. The SMILES string of the molecule is CC(C)(C(=O)Cc1cncc(Br)c1)N1CCNCC1. The van der Waals surface area contributed by atoms with Crippen LogP contribution in [0.25, 0.3) is 0 Å². The highest BCUT2D eigenvalue weighted by Crippen LogP contribution is 2.19. The Morgan fingerprint density at radius 3 is 2.74 bits per heavy atom. The fraction of sp³-hybridized carbons (Fsp3) is 0.571. The van der Waals surface area contributed by atoms with Crippen molar-refractivity contribution in [1.82, 2.24) is 15.2 Å². The molecule has 5 heteroatoms. The van der Waals surface area contributed by atoms with E-state index in [1.54, 1.807) is 12.4 Å². The first-order chi connectivity index (χ1) is 9.00. The molecule has 104 valence electrons. The summed E-state index contributed by atoms with van der Waals surface area (Å²) in [5, 5.41) is 3.31. The van der Waals surface area contributed by atoms with Gasteiger partial charge in [-0.05, 0) is 41.4 Å². The van der Waals surface area contributed by atoms with Crippen LogP contribution in [0.5, 0.6) is 0 Å². The number of piperazine rings is 1. The van der Waals surface area contributed by atoms with E-state index >= 15 is 0 Å². The lowest BCUT2D eigenvalue weighted by molar-refractivity contribution is -0.129. The molecule has 0 amide bonds. The summed E-state index contributed by atoms with van der Waals surface area (Å²) in [5.41, 5.74) is 0.548. The topological polar surface area (TPSA) is 45.2 Å². The largest absolute Gasteiger partial charge is 0.314 e. The van der Waals surface area contributed by atoms with Crippen molar-refractivity contribution in [3.63, 3.8) is 0 Å². The molecule has 1 aromatic rings. The second-order valence-electron chi connectivity index (χ2n) is 5.41. The summed E-state index contributed by atoms with van der Waals surface area (Å²) in [4.78, 5) is 18.9. The molecule has 0 atom stereocenters. The Bertz CT molecular complexity index is 456. The minimum Gasteiger partial charge on any atom is -0.314 e. The molecule has 0 aliphatic carbocycles. The van der Waals surface area contributed by atoms with Crippen molar-refractivity contribution in [1.29, 1.82) is 0 Å². The lowest BCUT2D eigenvalue weighted by atomic mass is 9.91. The van der Waals surface area contributed by atoms with E-state index in [1.165, 1.54) is 0 Å². The zero-order chi connectivity index (χ0) is 13.9. The summed E-state index contributed by atoms with van der Waals surface area (Å²) in [5.74, 6) is 0.245. The molecule has 19 heavy (non-hydrogen) atoms. The smallest absolute Gasteiger partial charge is 0.156 e. The number of hydrogen-bond acceptors (Lipinski definition) is 4. The number of nitrogens with one attached hydrogen (secondary N) is 1. The van der Waals surface area contributed by atoms with Gasteiger partial charge in [0.05, 0.1) is 5.54 Å². The maximum Gasteiger partial charge on any atom is 0.156 e. The third-order valence-electron chi connectivity index (χ3n) is 3.72. The third kappa shape index (κ3) is 3.61. The molecule has 0 unspecified atom stereocenters. The van der Waals surface area contributed by atoms with Crippen LogP contribution in [0, 0.1) is 0 Å². The van der Waals surface area contributed by atoms with Crippen molar-refractivity contribution in [2.24, 2.45) is 0 Å². The lowest BCUT2D eigenvalue weighted by Gasteiger charge is -2.40. The molecule has 0 radical (unpaired) electrons. The second-order valence-corrected chi connectivity index (χ2v) is 6.32. The average Bonchev–Trinajstić information content (AvgIpc) is 2.39. The first kappa shape index (κ1) is 14.6. The number of rotatable bonds is 4. The first-order valence-electron chi connectivity index (χ1n) is 6.58. The minimum atomic E-state index is -0.412. The van der Waals surface area contributed by atoms with E-state index in [4.69, 9.17) is 0 Å². The number of carbonyl (C=O) groups is 1. The number of pyridine rings is 1. The van der Waals surface area contributed by atoms with Gasteiger partial charge in [0.1, 0.15) is 0 Å². The van der Waals surface area contributed by atoms with Gasteiger partial charge < -0.3 is 5.32 Å². The molecule has 1 saturated heterocycles. The fourth-order valence-corrected chi connectivity index (χ4v) is 2.77. The number of aromatic nitrogens is 1. The Kier molecular flexibility index (Phi) is 4.71. The zero-order valence-corrected chi connectivity index (χ0v) is 13.0. The van der Waals surface area contributed by atoms with Crippen molar-refractivity contribution in [3.05, 3.63) is 28.5 Å². The van der Waals surface area contributed by atoms with Gasteiger partial charge in [0.2, 0.25) is 0 Å². The van der Waals surface area contributed by atoms with Crippen molar-refractivity contribution >= 4 is 21.7 Å². The van der Waals surface area contributed by atoms with Crippen LogP contribution in [0.3, 0.4) is 0 Å². The van der Waals surface area contributed by atoms with Crippen LogP contribution in [-0.2, 0) is 11.2 Å². The summed E-state index contributed by atoms with van der Waals surface area (Å²) in [7, 11) is 0. The Hall–Kier alpha value is -0.780. The van der Waals surface area contributed by atoms with Gasteiger partial charge in [-0.1, -0.05) is 0 Å². The minimum absolute atomic E-state index is 0.245. The Morgan fingerprint density at radius 2 is 2.11 bits per heavy atom. The van der Waals surface area contributed by atoms with E-state index in [9.17, 15) is 4.79 Å². The number of Topliss-reactive ketones (excluding diaryl/α,β-unsaturated/α-hetero) is 1. The molecule has 1 aromatic heterocycles. The number of carbonyl (C=O) groups excluding carboxylic acids is 1. The van der Waals surface area contributed by atoms with Gasteiger partial charge in [0, 0.05) is 49.5 Å². The maximum absolute atomic E-state index is 12.5. The predicted octanol–water partition coefficient (Wildman–Crippen LogP) is 1.64. The molecule has 0 saturated carbocycles. The van der Waals surface area contributed by atoms with E-state index in [0.717, 1.165) is 36.2 Å². The number of hydrogen-bond donors (Lipinski definition) is 1. The zero-order valence-electron chi connectivity index (χ0n) is 11.4. The van der Waals surface area contributed by atoms with E-state index in [1.807, 2.05) is 19.9 Å². The molecule has 2 heterocycles. The quantitative estimate of drug-likeness (QED) is 0.914. The van der Waals surface area contributed by atoms with Crippen LogP contribution in [0.15, 0.2) is 22.9 Å². The molecule has 1 aliphatic heterocycles. The molecule has 1 N–H and O–H groups in total. The van der Waals surface area contributed by atoms with Crippen LogP contribution in [0.4, 0.5) is 0 Å². The van der Waals surface area contributed by atoms with Gasteiger partial charge in [-0.2, -0.15) is 0 Å². The number of nitrogens with zero attached hydrogens (tertiary/aromatic N) is 2. The van der Waals surface area contributed by atoms with Crippen LogP contribution in [0.2, 0.25) is 0 Å². The van der Waals surface area contributed by atoms with Gasteiger partial charge in [-0.15, -0.1) is 0 Å². The monoisotopic (exact) mass is 325 g/mol. The van der Waals surface area contributed by atoms with E-state index in [-0.39, 0.29) is 5.78 Å². The maximum atomic E-state index is 12.5. The van der Waals surface area contributed by atoms with Crippen LogP contribution in [0.1, 0.15) is 19.4 Å². The second kappa shape index (κ2) is 6.11. The fourth-order valence-electron chi connectivity index (χ4n) is 2.35. The molecule has 1 fully saturated rings.